The first-order valence-electron chi connectivity index (χ1n) is 8.47. The molecular weight excluding hydrogens is 316 g/mol. The fourth-order valence-corrected chi connectivity index (χ4v) is 3.93. The van der Waals surface area contributed by atoms with E-state index in [9.17, 15) is 18.9 Å². The van der Waals surface area contributed by atoms with Gasteiger partial charge in [-0.15, -0.1) is 0 Å². The van der Waals surface area contributed by atoms with Crippen LogP contribution in [0.15, 0.2) is 24.3 Å². The van der Waals surface area contributed by atoms with E-state index in [1.54, 1.807) is 24.3 Å². The van der Waals surface area contributed by atoms with Crippen LogP contribution in [0, 0.1) is 15.5 Å². The molecule has 0 radical (unpaired) electrons. The molecule has 0 aromatic heterocycles. The normalized spacial score (nSPS) is 21.4. The molecule has 3 rings (SSSR count). The van der Waals surface area contributed by atoms with Crippen LogP contribution in [0.5, 0.6) is 0 Å². The second-order valence-corrected chi connectivity index (χ2v) is 6.95. The Bertz CT molecular complexity index is 562. The lowest BCUT2D eigenvalue weighted by molar-refractivity contribution is -0.384. The van der Waals surface area contributed by atoms with Gasteiger partial charge in [-0.05, 0) is 56.3 Å². The molecule has 0 unspecified atom stereocenters. The maximum Gasteiger partial charge on any atom is 0.269 e. The Kier molecular flexibility index (Phi) is 4.99. The van der Waals surface area contributed by atoms with Crippen LogP contribution < -0.4 is 4.90 Å². The zero-order valence-electron chi connectivity index (χ0n) is 13.7. The molecule has 1 aromatic carbocycles. The van der Waals surface area contributed by atoms with Gasteiger partial charge < -0.3 is 4.90 Å². The Morgan fingerprint density at radius 3 is 2.08 bits per heavy atom. The maximum absolute atomic E-state index is 12.5. The van der Waals surface area contributed by atoms with Gasteiger partial charge in [0.1, 0.15) is 0 Å². The van der Waals surface area contributed by atoms with Gasteiger partial charge in [0.2, 0.25) is 0 Å². The lowest BCUT2D eigenvalue weighted by Gasteiger charge is -2.47. The second-order valence-electron chi connectivity index (χ2n) is 6.95. The first kappa shape index (κ1) is 17.1. The van der Waals surface area contributed by atoms with Crippen molar-refractivity contribution in [3.05, 3.63) is 34.4 Å². The van der Waals surface area contributed by atoms with E-state index in [0.717, 1.165) is 57.5 Å². The van der Waals surface area contributed by atoms with Crippen molar-refractivity contribution in [1.82, 2.24) is 4.90 Å². The van der Waals surface area contributed by atoms with E-state index in [0.29, 0.717) is 0 Å². The highest BCUT2D eigenvalue weighted by molar-refractivity contribution is 5.51. The van der Waals surface area contributed by atoms with E-state index < -0.39 is 6.43 Å². The molecule has 132 valence electrons. The summed E-state index contributed by atoms with van der Waals surface area (Å²) in [6, 6.07) is 6.70. The fraction of sp³-hybridized carbons (Fsp3) is 0.647. The number of likely N-dealkylation sites (tertiary alicyclic amines) is 1. The molecule has 7 heteroatoms. The van der Waals surface area contributed by atoms with Crippen LogP contribution >= 0.6 is 0 Å². The zero-order chi connectivity index (χ0) is 17.2. The van der Waals surface area contributed by atoms with Crippen LogP contribution in [0.4, 0.5) is 20.2 Å². The van der Waals surface area contributed by atoms with Crippen molar-refractivity contribution in [3.8, 4) is 0 Å². The number of nitro benzene ring substituents is 1. The topological polar surface area (TPSA) is 49.6 Å². The smallest absolute Gasteiger partial charge is 0.269 e. The highest BCUT2D eigenvalue weighted by Crippen LogP contribution is 2.42. The Morgan fingerprint density at radius 1 is 1.04 bits per heavy atom. The van der Waals surface area contributed by atoms with Crippen molar-refractivity contribution in [1.29, 1.82) is 0 Å². The summed E-state index contributed by atoms with van der Waals surface area (Å²) in [5.74, 6) is 0. The molecule has 2 heterocycles. The Balaban J connectivity index is 1.53. The first-order chi connectivity index (χ1) is 11.5. The summed E-state index contributed by atoms with van der Waals surface area (Å²) >= 11 is 0. The van der Waals surface area contributed by atoms with Crippen molar-refractivity contribution in [2.45, 2.75) is 32.1 Å². The number of non-ortho nitro benzene ring substituents is 1. The molecular formula is C17H23F2N3O2. The standard InChI is InChI=1S/C17H23F2N3O2/c18-16(19)13-20-9-5-17(6-10-20)7-11-21(12-8-17)14-1-3-15(4-2-14)22(23)24/h1-4,16H,5-13H2. The summed E-state index contributed by atoms with van der Waals surface area (Å²) < 4.78 is 25.0. The van der Waals surface area contributed by atoms with Gasteiger partial charge in [0.25, 0.3) is 12.1 Å². The number of hydrogen-bond acceptors (Lipinski definition) is 4. The molecule has 0 aliphatic carbocycles. The number of hydrogen-bond donors (Lipinski definition) is 0. The molecule has 2 fully saturated rings. The average Bonchev–Trinajstić information content (AvgIpc) is 2.58. The fourth-order valence-electron chi connectivity index (χ4n) is 3.93. The number of nitrogens with zero attached hydrogens (tertiary/aromatic N) is 3. The average molecular weight is 339 g/mol. The number of alkyl halides is 2. The third-order valence-electron chi connectivity index (χ3n) is 5.56. The van der Waals surface area contributed by atoms with Gasteiger partial charge in [-0.25, -0.2) is 8.78 Å². The van der Waals surface area contributed by atoms with Crippen LogP contribution in [0.25, 0.3) is 0 Å². The van der Waals surface area contributed by atoms with E-state index in [2.05, 4.69) is 4.90 Å². The Morgan fingerprint density at radius 2 is 1.58 bits per heavy atom. The molecule has 0 saturated carbocycles. The predicted molar refractivity (Wildman–Crippen MR) is 88.7 cm³/mol. The minimum Gasteiger partial charge on any atom is -0.371 e. The van der Waals surface area contributed by atoms with Gasteiger partial charge in [-0.1, -0.05) is 0 Å². The summed E-state index contributed by atoms with van der Waals surface area (Å²) in [7, 11) is 0. The van der Waals surface area contributed by atoms with Crippen LogP contribution in [0.2, 0.25) is 0 Å². The molecule has 2 saturated heterocycles. The molecule has 0 bridgehead atoms. The minimum atomic E-state index is -2.25. The second kappa shape index (κ2) is 7.01. The predicted octanol–water partition coefficient (Wildman–Crippen LogP) is 3.54. The minimum absolute atomic E-state index is 0.106. The van der Waals surface area contributed by atoms with E-state index in [1.807, 2.05) is 4.90 Å². The quantitative estimate of drug-likeness (QED) is 0.622. The van der Waals surface area contributed by atoms with Gasteiger partial charge in [0, 0.05) is 30.9 Å². The van der Waals surface area contributed by atoms with E-state index in [4.69, 9.17) is 0 Å². The van der Waals surface area contributed by atoms with Crippen molar-refractivity contribution < 1.29 is 13.7 Å². The SMILES string of the molecule is O=[N+]([O-])c1ccc(N2CCC3(CCN(CC(F)F)CC3)CC2)cc1. The van der Waals surface area contributed by atoms with E-state index >= 15 is 0 Å². The van der Waals surface area contributed by atoms with Crippen molar-refractivity contribution >= 4 is 11.4 Å². The van der Waals surface area contributed by atoms with Crippen molar-refractivity contribution in [3.63, 3.8) is 0 Å². The largest absolute Gasteiger partial charge is 0.371 e. The maximum atomic E-state index is 12.5. The van der Waals surface area contributed by atoms with Gasteiger partial charge in [0.15, 0.2) is 0 Å². The summed E-state index contributed by atoms with van der Waals surface area (Å²) in [5.41, 5.74) is 1.42. The van der Waals surface area contributed by atoms with Gasteiger partial charge in [-0.2, -0.15) is 0 Å². The highest BCUT2D eigenvalue weighted by Gasteiger charge is 2.37. The summed E-state index contributed by atoms with van der Waals surface area (Å²) in [6.45, 7) is 3.27. The Hall–Kier alpha value is -1.76. The summed E-state index contributed by atoms with van der Waals surface area (Å²) in [5, 5.41) is 10.7. The molecule has 1 aromatic rings. The van der Waals surface area contributed by atoms with Crippen molar-refractivity contribution in [2.24, 2.45) is 5.41 Å². The molecule has 2 aliphatic rings. The lowest BCUT2D eigenvalue weighted by Crippen LogP contribution is -2.47. The van der Waals surface area contributed by atoms with E-state index in [1.165, 1.54) is 0 Å². The zero-order valence-corrected chi connectivity index (χ0v) is 13.7. The monoisotopic (exact) mass is 339 g/mol. The lowest BCUT2D eigenvalue weighted by atomic mass is 9.71. The molecule has 5 nitrogen and oxygen atoms in total. The van der Waals surface area contributed by atoms with Crippen LogP contribution in [0.1, 0.15) is 25.7 Å². The van der Waals surface area contributed by atoms with Gasteiger partial charge in [0.05, 0.1) is 11.5 Å². The third-order valence-corrected chi connectivity index (χ3v) is 5.56. The Labute approximate surface area is 140 Å². The van der Waals surface area contributed by atoms with Crippen molar-refractivity contribution in [2.75, 3.05) is 37.6 Å². The molecule has 0 N–H and O–H groups in total. The molecule has 24 heavy (non-hydrogen) atoms. The number of halogens is 2. The summed E-state index contributed by atoms with van der Waals surface area (Å²) in [6.07, 6.45) is 1.86. The van der Waals surface area contributed by atoms with E-state index in [-0.39, 0.29) is 22.6 Å². The number of anilines is 1. The molecule has 0 atom stereocenters. The highest BCUT2D eigenvalue weighted by atomic mass is 19.3. The van der Waals surface area contributed by atoms with Crippen LogP contribution in [-0.2, 0) is 0 Å². The van der Waals surface area contributed by atoms with Crippen LogP contribution in [-0.4, -0.2) is 49.0 Å². The number of benzene rings is 1. The van der Waals surface area contributed by atoms with Gasteiger partial charge >= 0.3 is 0 Å². The molecule has 2 aliphatic heterocycles. The molecule has 1 spiro atoms. The number of piperidine rings is 2. The number of nitro groups is 1. The summed E-state index contributed by atoms with van der Waals surface area (Å²) in [4.78, 5) is 14.5. The van der Waals surface area contributed by atoms with Gasteiger partial charge in [-0.3, -0.25) is 15.0 Å². The first-order valence-corrected chi connectivity index (χ1v) is 8.47. The molecule has 0 amide bonds. The third kappa shape index (κ3) is 3.83. The van der Waals surface area contributed by atoms with Crippen LogP contribution in [0.3, 0.4) is 0 Å². The number of rotatable bonds is 4.